The second-order valence-electron chi connectivity index (χ2n) is 4.51. The fourth-order valence-electron chi connectivity index (χ4n) is 2.33. The molecule has 98 valence electrons. The number of amides is 1. The Kier molecular flexibility index (Phi) is 3.18. The number of aromatic nitrogens is 5. The highest BCUT2D eigenvalue weighted by atomic mass is 16.2. The molecule has 1 unspecified atom stereocenters. The van der Waals surface area contributed by atoms with Crippen molar-refractivity contribution in [3.8, 4) is 0 Å². The van der Waals surface area contributed by atoms with E-state index in [9.17, 15) is 4.79 Å². The summed E-state index contributed by atoms with van der Waals surface area (Å²) in [7, 11) is 0. The van der Waals surface area contributed by atoms with Gasteiger partial charge in [0.05, 0.1) is 12.2 Å². The molecular weight excluding hydrogens is 244 g/mol. The molecule has 3 heterocycles. The van der Waals surface area contributed by atoms with E-state index in [0.29, 0.717) is 12.2 Å². The molecule has 1 fully saturated rings. The molecule has 19 heavy (non-hydrogen) atoms. The Labute approximate surface area is 110 Å². The number of hydrogen-bond acceptors (Lipinski definition) is 5. The lowest BCUT2D eigenvalue weighted by molar-refractivity contribution is 0.0666. The fourth-order valence-corrected chi connectivity index (χ4v) is 2.33. The molecule has 0 aliphatic carbocycles. The molecule has 1 atom stereocenters. The van der Waals surface area contributed by atoms with Gasteiger partial charge in [0.25, 0.3) is 5.91 Å². The van der Waals surface area contributed by atoms with E-state index in [-0.39, 0.29) is 11.9 Å². The average molecular weight is 258 g/mol. The van der Waals surface area contributed by atoms with Gasteiger partial charge in [-0.1, -0.05) is 0 Å². The van der Waals surface area contributed by atoms with Crippen LogP contribution < -0.4 is 0 Å². The van der Waals surface area contributed by atoms with Crippen LogP contribution >= 0.6 is 0 Å². The summed E-state index contributed by atoms with van der Waals surface area (Å²) in [5.41, 5.74) is 0.391. The Bertz CT molecular complexity index is 541. The molecule has 1 aliphatic rings. The zero-order valence-electron chi connectivity index (χ0n) is 10.4. The van der Waals surface area contributed by atoms with E-state index >= 15 is 0 Å². The first-order valence-electron chi connectivity index (χ1n) is 6.24. The molecule has 1 aliphatic heterocycles. The van der Waals surface area contributed by atoms with Gasteiger partial charge in [0.2, 0.25) is 0 Å². The first kappa shape index (κ1) is 11.8. The number of piperidine rings is 1. The Balaban J connectivity index is 1.73. The minimum Gasteiger partial charge on any atom is -0.335 e. The van der Waals surface area contributed by atoms with E-state index in [0.717, 1.165) is 19.4 Å². The summed E-state index contributed by atoms with van der Waals surface area (Å²) in [5, 5.41) is 4.15. The summed E-state index contributed by atoms with van der Waals surface area (Å²) in [6.07, 6.45) is 9.77. The number of rotatable bonds is 2. The topological polar surface area (TPSA) is 76.8 Å². The quantitative estimate of drug-likeness (QED) is 0.786. The predicted octanol–water partition coefficient (Wildman–Crippen LogP) is 0.545. The van der Waals surface area contributed by atoms with Crippen molar-refractivity contribution in [1.29, 1.82) is 0 Å². The van der Waals surface area contributed by atoms with Gasteiger partial charge in [-0.3, -0.25) is 9.78 Å². The van der Waals surface area contributed by atoms with Crippen molar-refractivity contribution in [1.82, 2.24) is 29.6 Å². The van der Waals surface area contributed by atoms with Crippen LogP contribution in [0.2, 0.25) is 0 Å². The molecule has 0 spiro atoms. The molecule has 3 rings (SSSR count). The van der Waals surface area contributed by atoms with Gasteiger partial charge in [-0.2, -0.15) is 5.10 Å². The van der Waals surface area contributed by atoms with E-state index in [2.05, 4.69) is 20.1 Å². The van der Waals surface area contributed by atoms with Crippen LogP contribution in [0, 0.1) is 0 Å². The van der Waals surface area contributed by atoms with Gasteiger partial charge in [0.1, 0.15) is 18.3 Å². The van der Waals surface area contributed by atoms with E-state index < -0.39 is 0 Å². The van der Waals surface area contributed by atoms with Crippen LogP contribution in [0.5, 0.6) is 0 Å². The second-order valence-corrected chi connectivity index (χ2v) is 4.51. The third-order valence-electron chi connectivity index (χ3n) is 3.28. The molecule has 0 N–H and O–H groups in total. The van der Waals surface area contributed by atoms with Crippen LogP contribution in [0.25, 0.3) is 0 Å². The van der Waals surface area contributed by atoms with Gasteiger partial charge < -0.3 is 4.90 Å². The molecule has 0 aromatic carbocycles. The third-order valence-corrected chi connectivity index (χ3v) is 3.28. The van der Waals surface area contributed by atoms with Crippen LogP contribution in [0.1, 0.15) is 29.4 Å². The fraction of sp³-hybridized carbons (Fsp3) is 0.417. The van der Waals surface area contributed by atoms with Crippen molar-refractivity contribution in [2.45, 2.75) is 18.9 Å². The summed E-state index contributed by atoms with van der Waals surface area (Å²) in [6.45, 7) is 1.39. The van der Waals surface area contributed by atoms with Crippen LogP contribution in [-0.2, 0) is 0 Å². The maximum absolute atomic E-state index is 12.3. The highest BCUT2D eigenvalue weighted by Crippen LogP contribution is 2.21. The molecule has 2 aromatic heterocycles. The van der Waals surface area contributed by atoms with E-state index in [1.165, 1.54) is 18.7 Å². The van der Waals surface area contributed by atoms with Crippen molar-refractivity contribution in [3.63, 3.8) is 0 Å². The number of likely N-dealkylation sites (tertiary alicyclic amines) is 1. The van der Waals surface area contributed by atoms with Gasteiger partial charge in [-0.05, 0) is 12.8 Å². The monoisotopic (exact) mass is 258 g/mol. The number of carbonyl (C=O) groups is 1. The summed E-state index contributed by atoms with van der Waals surface area (Å²) in [4.78, 5) is 26.0. The smallest absolute Gasteiger partial charge is 0.274 e. The van der Waals surface area contributed by atoms with Gasteiger partial charge in [0.15, 0.2) is 0 Å². The normalized spacial score (nSPS) is 19.4. The van der Waals surface area contributed by atoms with Gasteiger partial charge in [-0.15, -0.1) is 0 Å². The number of nitrogens with zero attached hydrogens (tertiary/aromatic N) is 6. The average Bonchev–Trinajstić information content (AvgIpc) is 3.02. The summed E-state index contributed by atoms with van der Waals surface area (Å²) in [6, 6.07) is 0.192. The molecule has 7 nitrogen and oxygen atoms in total. The van der Waals surface area contributed by atoms with Crippen LogP contribution in [0.3, 0.4) is 0 Å². The van der Waals surface area contributed by atoms with Crippen LogP contribution in [-0.4, -0.2) is 48.6 Å². The maximum atomic E-state index is 12.3. The predicted molar refractivity (Wildman–Crippen MR) is 66.2 cm³/mol. The van der Waals surface area contributed by atoms with Gasteiger partial charge in [0, 0.05) is 25.5 Å². The standard InChI is InChI=1S/C12H14N6O/c19-12(11-6-13-3-4-15-11)17-5-1-2-10(7-17)18-9-14-8-16-18/h3-4,6,8-10H,1-2,5,7H2. The minimum atomic E-state index is -0.0714. The molecule has 2 aromatic rings. The molecule has 0 radical (unpaired) electrons. The lowest BCUT2D eigenvalue weighted by Crippen LogP contribution is -2.41. The van der Waals surface area contributed by atoms with Gasteiger partial charge in [-0.25, -0.2) is 14.6 Å². The SMILES string of the molecule is O=C(c1cnccn1)N1CCCC(n2cncn2)C1. The number of hydrogen-bond donors (Lipinski definition) is 0. The Morgan fingerprint density at radius 3 is 3.00 bits per heavy atom. The molecule has 0 saturated carbocycles. The molecular formula is C12H14N6O. The summed E-state index contributed by atoms with van der Waals surface area (Å²) < 4.78 is 1.82. The molecule has 1 amide bonds. The Hall–Kier alpha value is -2.31. The van der Waals surface area contributed by atoms with Crippen molar-refractivity contribution in [2.24, 2.45) is 0 Å². The Morgan fingerprint density at radius 1 is 1.32 bits per heavy atom. The zero-order chi connectivity index (χ0) is 13.1. The lowest BCUT2D eigenvalue weighted by atomic mass is 10.1. The Morgan fingerprint density at radius 2 is 2.26 bits per heavy atom. The number of carbonyl (C=O) groups excluding carboxylic acids is 1. The molecule has 1 saturated heterocycles. The first-order chi connectivity index (χ1) is 9.34. The first-order valence-corrected chi connectivity index (χ1v) is 6.24. The second kappa shape index (κ2) is 5.13. The van der Waals surface area contributed by atoms with Crippen molar-refractivity contribution < 1.29 is 4.79 Å². The van der Waals surface area contributed by atoms with E-state index in [4.69, 9.17) is 0 Å². The van der Waals surface area contributed by atoms with Crippen molar-refractivity contribution in [3.05, 3.63) is 36.9 Å². The summed E-state index contributed by atoms with van der Waals surface area (Å²) in [5.74, 6) is -0.0714. The maximum Gasteiger partial charge on any atom is 0.274 e. The highest BCUT2D eigenvalue weighted by molar-refractivity contribution is 5.92. The van der Waals surface area contributed by atoms with Crippen LogP contribution in [0.15, 0.2) is 31.2 Å². The van der Waals surface area contributed by atoms with Gasteiger partial charge >= 0.3 is 0 Å². The largest absolute Gasteiger partial charge is 0.335 e. The zero-order valence-corrected chi connectivity index (χ0v) is 10.4. The minimum absolute atomic E-state index is 0.0714. The lowest BCUT2D eigenvalue weighted by Gasteiger charge is -2.32. The summed E-state index contributed by atoms with van der Waals surface area (Å²) >= 11 is 0. The van der Waals surface area contributed by atoms with E-state index in [1.807, 2.05) is 4.68 Å². The van der Waals surface area contributed by atoms with Crippen molar-refractivity contribution in [2.75, 3.05) is 13.1 Å². The van der Waals surface area contributed by atoms with Crippen LogP contribution in [0.4, 0.5) is 0 Å². The highest BCUT2D eigenvalue weighted by Gasteiger charge is 2.26. The molecule has 0 bridgehead atoms. The third kappa shape index (κ3) is 2.44. The van der Waals surface area contributed by atoms with E-state index in [1.54, 1.807) is 17.4 Å². The van der Waals surface area contributed by atoms with Crippen molar-refractivity contribution >= 4 is 5.91 Å². The molecule has 7 heteroatoms.